The molecular formula is C15H20ClN3. The average Bonchev–Trinajstić information content (AvgIpc) is 2.80. The minimum atomic E-state index is 0.0717. The second-order valence-corrected chi connectivity index (χ2v) is 5.88. The third kappa shape index (κ3) is 2.66. The first-order valence-electron chi connectivity index (χ1n) is 6.57. The highest BCUT2D eigenvalue weighted by Crippen LogP contribution is 2.32. The standard InChI is InChI=1S/C15H20ClN3/c1-5-19-13(10-16)17-18-14(19)11-8-6-7-9-12(11)15(2,3)4/h6-9H,5,10H2,1-4H3. The predicted octanol–water partition coefficient (Wildman–Crippen LogP) is 4.00. The fourth-order valence-corrected chi connectivity index (χ4v) is 2.50. The molecule has 0 radical (unpaired) electrons. The van der Waals surface area contributed by atoms with Gasteiger partial charge in [-0.05, 0) is 17.9 Å². The van der Waals surface area contributed by atoms with Gasteiger partial charge in [0, 0.05) is 12.1 Å². The van der Waals surface area contributed by atoms with E-state index >= 15 is 0 Å². The van der Waals surface area contributed by atoms with Crippen molar-refractivity contribution in [2.45, 2.75) is 45.5 Å². The van der Waals surface area contributed by atoms with Crippen molar-refractivity contribution < 1.29 is 0 Å². The number of aromatic nitrogens is 3. The molecule has 0 N–H and O–H groups in total. The molecule has 3 nitrogen and oxygen atoms in total. The molecule has 19 heavy (non-hydrogen) atoms. The Morgan fingerprint density at radius 1 is 1.16 bits per heavy atom. The van der Waals surface area contributed by atoms with E-state index in [0.29, 0.717) is 5.88 Å². The zero-order valence-corrected chi connectivity index (χ0v) is 12.7. The van der Waals surface area contributed by atoms with Crippen LogP contribution in [0, 0.1) is 0 Å². The van der Waals surface area contributed by atoms with E-state index in [0.717, 1.165) is 23.8 Å². The summed E-state index contributed by atoms with van der Waals surface area (Å²) in [5.74, 6) is 2.12. The van der Waals surface area contributed by atoms with Gasteiger partial charge in [0.25, 0.3) is 0 Å². The highest BCUT2D eigenvalue weighted by molar-refractivity contribution is 6.16. The lowest BCUT2D eigenvalue weighted by Gasteiger charge is -2.22. The molecule has 4 heteroatoms. The number of nitrogens with zero attached hydrogens (tertiary/aromatic N) is 3. The van der Waals surface area contributed by atoms with E-state index in [4.69, 9.17) is 11.6 Å². The zero-order valence-electron chi connectivity index (χ0n) is 11.9. The van der Waals surface area contributed by atoms with Crippen molar-refractivity contribution in [2.24, 2.45) is 0 Å². The molecule has 0 spiro atoms. The van der Waals surface area contributed by atoms with E-state index in [1.165, 1.54) is 5.56 Å². The molecule has 1 aromatic carbocycles. The van der Waals surface area contributed by atoms with E-state index in [-0.39, 0.29) is 5.41 Å². The van der Waals surface area contributed by atoms with Gasteiger partial charge in [-0.1, -0.05) is 45.0 Å². The van der Waals surface area contributed by atoms with Gasteiger partial charge < -0.3 is 4.57 Å². The van der Waals surface area contributed by atoms with E-state index in [1.54, 1.807) is 0 Å². The van der Waals surface area contributed by atoms with Crippen molar-refractivity contribution in [1.82, 2.24) is 14.8 Å². The van der Waals surface area contributed by atoms with E-state index < -0.39 is 0 Å². The monoisotopic (exact) mass is 277 g/mol. The first-order valence-corrected chi connectivity index (χ1v) is 7.10. The van der Waals surface area contributed by atoms with Crippen molar-refractivity contribution >= 4 is 11.6 Å². The molecule has 0 amide bonds. The number of benzene rings is 1. The zero-order chi connectivity index (χ0) is 14.0. The Labute approximate surface area is 119 Å². The predicted molar refractivity (Wildman–Crippen MR) is 79.4 cm³/mol. The lowest BCUT2D eigenvalue weighted by molar-refractivity contribution is 0.590. The lowest BCUT2D eigenvalue weighted by Crippen LogP contribution is -2.14. The number of hydrogen-bond donors (Lipinski definition) is 0. The van der Waals surface area contributed by atoms with Crippen LogP contribution in [0.2, 0.25) is 0 Å². The molecule has 1 aromatic heterocycles. The third-order valence-corrected chi connectivity index (χ3v) is 3.48. The topological polar surface area (TPSA) is 30.7 Å². The molecule has 2 rings (SSSR count). The van der Waals surface area contributed by atoms with Gasteiger partial charge in [0.1, 0.15) is 5.82 Å². The van der Waals surface area contributed by atoms with Crippen LogP contribution < -0.4 is 0 Å². The minimum absolute atomic E-state index is 0.0717. The van der Waals surface area contributed by atoms with Gasteiger partial charge in [-0.15, -0.1) is 21.8 Å². The summed E-state index contributed by atoms with van der Waals surface area (Å²) in [5.41, 5.74) is 2.49. The van der Waals surface area contributed by atoms with Crippen molar-refractivity contribution in [1.29, 1.82) is 0 Å². The molecule has 0 atom stereocenters. The number of rotatable bonds is 3. The first-order chi connectivity index (χ1) is 8.99. The molecule has 0 aliphatic carbocycles. The maximum absolute atomic E-state index is 5.92. The minimum Gasteiger partial charge on any atom is -0.310 e. The molecule has 0 aliphatic heterocycles. The van der Waals surface area contributed by atoms with Crippen LogP contribution in [0.4, 0.5) is 0 Å². The van der Waals surface area contributed by atoms with Gasteiger partial charge in [0.15, 0.2) is 5.82 Å². The molecule has 0 fully saturated rings. The molecule has 0 bridgehead atoms. The van der Waals surface area contributed by atoms with Crippen LogP contribution in [0.15, 0.2) is 24.3 Å². The van der Waals surface area contributed by atoms with Crippen LogP contribution in [-0.4, -0.2) is 14.8 Å². The molecular weight excluding hydrogens is 258 g/mol. The molecule has 0 saturated heterocycles. The average molecular weight is 278 g/mol. The summed E-state index contributed by atoms with van der Waals surface area (Å²) in [6.07, 6.45) is 0. The third-order valence-electron chi connectivity index (χ3n) is 3.24. The van der Waals surface area contributed by atoms with Gasteiger partial charge in [-0.2, -0.15) is 0 Å². The summed E-state index contributed by atoms with van der Waals surface area (Å²) in [6, 6.07) is 8.37. The summed E-state index contributed by atoms with van der Waals surface area (Å²) in [7, 11) is 0. The Bertz CT molecular complexity index is 567. The maximum Gasteiger partial charge on any atom is 0.164 e. The Morgan fingerprint density at radius 2 is 1.84 bits per heavy atom. The van der Waals surface area contributed by atoms with Gasteiger partial charge in [-0.3, -0.25) is 0 Å². The second kappa shape index (κ2) is 5.33. The van der Waals surface area contributed by atoms with Crippen molar-refractivity contribution in [3.05, 3.63) is 35.7 Å². The Kier molecular flexibility index (Phi) is 3.95. The fourth-order valence-electron chi connectivity index (χ4n) is 2.30. The summed E-state index contributed by atoms with van der Waals surface area (Å²) in [4.78, 5) is 0. The summed E-state index contributed by atoms with van der Waals surface area (Å²) in [5, 5.41) is 8.52. The largest absolute Gasteiger partial charge is 0.310 e. The van der Waals surface area contributed by atoms with Gasteiger partial charge in [-0.25, -0.2) is 0 Å². The Morgan fingerprint density at radius 3 is 2.42 bits per heavy atom. The van der Waals surface area contributed by atoms with Gasteiger partial charge in [0.05, 0.1) is 5.88 Å². The van der Waals surface area contributed by atoms with Crippen LogP contribution in [-0.2, 0) is 17.8 Å². The van der Waals surface area contributed by atoms with E-state index in [2.05, 4.69) is 60.7 Å². The molecule has 0 saturated carbocycles. The summed E-state index contributed by atoms with van der Waals surface area (Å²) in [6.45, 7) is 9.54. The van der Waals surface area contributed by atoms with Gasteiger partial charge in [0.2, 0.25) is 0 Å². The van der Waals surface area contributed by atoms with Crippen molar-refractivity contribution in [3.63, 3.8) is 0 Å². The van der Waals surface area contributed by atoms with E-state index in [9.17, 15) is 0 Å². The summed E-state index contributed by atoms with van der Waals surface area (Å²) >= 11 is 5.92. The highest BCUT2D eigenvalue weighted by Gasteiger charge is 2.21. The normalized spacial score (nSPS) is 11.8. The van der Waals surface area contributed by atoms with Crippen LogP contribution >= 0.6 is 11.6 Å². The highest BCUT2D eigenvalue weighted by atomic mass is 35.5. The quantitative estimate of drug-likeness (QED) is 0.794. The molecule has 0 unspecified atom stereocenters. The first kappa shape index (κ1) is 14.1. The Hall–Kier alpha value is -1.35. The van der Waals surface area contributed by atoms with Crippen molar-refractivity contribution in [3.8, 4) is 11.4 Å². The Balaban J connectivity index is 2.63. The van der Waals surface area contributed by atoms with Crippen molar-refractivity contribution in [2.75, 3.05) is 0 Å². The van der Waals surface area contributed by atoms with Crippen LogP contribution in [0.3, 0.4) is 0 Å². The summed E-state index contributed by atoms with van der Waals surface area (Å²) < 4.78 is 2.08. The smallest absolute Gasteiger partial charge is 0.164 e. The maximum atomic E-state index is 5.92. The molecule has 0 aliphatic rings. The number of alkyl halides is 1. The second-order valence-electron chi connectivity index (χ2n) is 5.61. The van der Waals surface area contributed by atoms with Crippen LogP contribution in [0.5, 0.6) is 0 Å². The SMILES string of the molecule is CCn1c(CCl)nnc1-c1ccccc1C(C)(C)C. The van der Waals surface area contributed by atoms with Gasteiger partial charge >= 0.3 is 0 Å². The number of halogens is 1. The van der Waals surface area contributed by atoms with Crippen LogP contribution in [0.1, 0.15) is 39.1 Å². The number of hydrogen-bond acceptors (Lipinski definition) is 2. The van der Waals surface area contributed by atoms with Crippen LogP contribution in [0.25, 0.3) is 11.4 Å². The molecule has 1 heterocycles. The molecule has 2 aromatic rings. The molecule has 102 valence electrons. The fraction of sp³-hybridized carbons (Fsp3) is 0.467. The lowest BCUT2D eigenvalue weighted by atomic mass is 9.83. The van der Waals surface area contributed by atoms with E-state index in [1.807, 2.05) is 6.07 Å².